The standard InChI is InChI=1S/C18H23F3N2O3/c1-26-10-15(25)22-11-17(12-22)16(13-5-3-2-4-6-13)14(9-24)23(17)8-7-18(19,20)21/h2-6,14,16,24H,7-12H2,1H3/t14-,16-/m1/s1. The number of alkyl halides is 3. The Morgan fingerprint density at radius 1 is 1.31 bits per heavy atom. The lowest BCUT2D eigenvalue weighted by Gasteiger charge is -2.70. The maximum atomic E-state index is 12.7. The summed E-state index contributed by atoms with van der Waals surface area (Å²) >= 11 is 0. The highest BCUT2D eigenvalue weighted by molar-refractivity contribution is 5.79. The zero-order chi connectivity index (χ0) is 18.9. The van der Waals surface area contributed by atoms with Crippen LogP contribution in [0.3, 0.4) is 0 Å². The first-order valence-electron chi connectivity index (χ1n) is 8.58. The third-order valence-electron chi connectivity index (χ3n) is 5.47. The molecule has 2 heterocycles. The van der Waals surface area contributed by atoms with Gasteiger partial charge in [-0.3, -0.25) is 9.69 Å². The second-order valence-corrected chi connectivity index (χ2v) is 6.98. The van der Waals surface area contributed by atoms with Crippen molar-refractivity contribution < 1.29 is 27.8 Å². The number of rotatable bonds is 6. The molecule has 26 heavy (non-hydrogen) atoms. The fraction of sp³-hybridized carbons (Fsp3) is 0.611. The Bertz CT molecular complexity index is 632. The fourth-order valence-electron chi connectivity index (χ4n) is 4.38. The Hall–Kier alpha value is -1.64. The van der Waals surface area contributed by atoms with Crippen molar-refractivity contribution >= 4 is 5.91 Å². The molecular weight excluding hydrogens is 349 g/mol. The van der Waals surface area contributed by atoms with E-state index < -0.39 is 18.1 Å². The summed E-state index contributed by atoms with van der Waals surface area (Å²) in [6.45, 7) is 0.264. The summed E-state index contributed by atoms with van der Waals surface area (Å²) in [5.41, 5.74) is 0.428. The van der Waals surface area contributed by atoms with E-state index in [4.69, 9.17) is 4.74 Å². The van der Waals surface area contributed by atoms with Gasteiger partial charge in [-0.15, -0.1) is 0 Å². The number of methoxy groups -OCH3 is 1. The van der Waals surface area contributed by atoms with E-state index in [1.165, 1.54) is 7.11 Å². The Labute approximate surface area is 150 Å². The molecule has 8 heteroatoms. The van der Waals surface area contributed by atoms with Crippen LogP contribution in [0.4, 0.5) is 13.2 Å². The lowest BCUT2D eigenvalue weighted by atomic mass is 9.60. The topological polar surface area (TPSA) is 53.0 Å². The summed E-state index contributed by atoms with van der Waals surface area (Å²) in [5, 5.41) is 9.81. The van der Waals surface area contributed by atoms with Crippen LogP contribution in [-0.2, 0) is 9.53 Å². The van der Waals surface area contributed by atoms with Crippen molar-refractivity contribution in [2.75, 3.05) is 40.0 Å². The molecule has 144 valence electrons. The zero-order valence-electron chi connectivity index (χ0n) is 14.6. The minimum absolute atomic E-state index is 0.0436. The number of carbonyl (C=O) groups excluding carboxylic acids is 1. The normalized spacial score (nSPS) is 25.0. The molecule has 0 aromatic heterocycles. The zero-order valence-corrected chi connectivity index (χ0v) is 14.6. The van der Waals surface area contributed by atoms with Gasteiger partial charge in [0, 0.05) is 38.7 Å². The molecule has 1 spiro atoms. The van der Waals surface area contributed by atoms with Gasteiger partial charge >= 0.3 is 6.18 Å². The lowest BCUT2D eigenvalue weighted by molar-refractivity contribution is -0.210. The van der Waals surface area contributed by atoms with Crippen LogP contribution >= 0.6 is 0 Å². The van der Waals surface area contributed by atoms with Gasteiger partial charge in [-0.25, -0.2) is 0 Å². The molecule has 0 unspecified atom stereocenters. The SMILES string of the molecule is COCC(=O)N1CC2(C1)[C@H](c1ccccc1)[C@@H](CO)N2CCC(F)(F)F. The van der Waals surface area contributed by atoms with Gasteiger partial charge in [0.25, 0.3) is 0 Å². The Kier molecular flexibility index (Phi) is 5.28. The predicted molar refractivity (Wildman–Crippen MR) is 88.6 cm³/mol. The smallest absolute Gasteiger partial charge is 0.390 e. The first-order chi connectivity index (χ1) is 12.3. The Balaban J connectivity index is 1.81. The van der Waals surface area contributed by atoms with E-state index in [1.807, 2.05) is 30.3 Å². The predicted octanol–water partition coefficient (Wildman–Crippen LogP) is 1.63. The van der Waals surface area contributed by atoms with Crippen LogP contribution in [0, 0.1) is 0 Å². The van der Waals surface area contributed by atoms with E-state index in [0.717, 1.165) is 5.56 Å². The minimum Gasteiger partial charge on any atom is -0.395 e. The first-order valence-corrected chi connectivity index (χ1v) is 8.58. The summed E-state index contributed by atoms with van der Waals surface area (Å²) in [6.07, 6.45) is -5.19. The quantitative estimate of drug-likeness (QED) is 0.825. The van der Waals surface area contributed by atoms with Gasteiger partial charge in [-0.05, 0) is 5.56 Å². The Morgan fingerprint density at radius 2 is 1.96 bits per heavy atom. The van der Waals surface area contributed by atoms with Gasteiger partial charge in [0.1, 0.15) is 6.61 Å². The van der Waals surface area contributed by atoms with Crippen LogP contribution in [-0.4, -0.2) is 78.5 Å². The largest absolute Gasteiger partial charge is 0.395 e. The molecule has 0 bridgehead atoms. The molecule has 1 N–H and O–H groups in total. The molecule has 0 aliphatic carbocycles. The second-order valence-electron chi connectivity index (χ2n) is 6.98. The highest BCUT2D eigenvalue weighted by Gasteiger charge is 2.66. The summed E-state index contributed by atoms with van der Waals surface area (Å²) in [7, 11) is 1.43. The van der Waals surface area contributed by atoms with Gasteiger partial charge in [-0.1, -0.05) is 30.3 Å². The van der Waals surface area contributed by atoms with Gasteiger partial charge in [0.2, 0.25) is 5.91 Å². The van der Waals surface area contributed by atoms with Crippen molar-refractivity contribution in [3.8, 4) is 0 Å². The lowest BCUT2D eigenvalue weighted by Crippen LogP contribution is -2.85. The van der Waals surface area contributed by atoms with Crippen LogP contribution in [0.5, 0.6) is 0 Å². The minimum atomic E-state index is -4.26. The van der Waals surface area contributed by atoms with Gasteiger partial charge in [0.15, 0.2) is 0 Å². The molecule has 2 atom stereocenters. The summed E-state index contributed by atoms with van der Waals surface area (Å²) < 4.78 is 43.1. The van der Waals surface area contributed by atoms with E-state index in [9.17, 15) is 23.1 Å². The molecule has 0 saturated carbocycles. The molecule has 2 aliphatic rings. The van der Waals surface area contributed by atoms with Crippen molar-refractivity contribution in [2.45, 2.75) is 30.1 Å². The maximum absolute atomic E-state index is 12.7. The van der Waals surface area contributed by atoms with Crippen molar-refractivity contribution in [3.05, 3.63) is 35.9 Å². The average Bonchev–Trinajstić information content (AvgIpc) is 2.53. The monoisotopic (exact) mass is 372 g/mol. The number of aliphatic hydroxyl groups is 1. The number of aliphatic hydroxyl groups excluding tert-OH is 1. The van der Waals surface area contributed by atoms with Crippen molar-refractivity contribution in [1.29, 1.82) is 0 Å². The molecule has 2 saturated heterocycles. The summed E-state index contributed by atoms with van der Waals surface area (Å²) in [4.78, 5) is 15.4. The van der Waals surface area contributed by atoms with Gasteiger partial charge < -0.3 is 14.7 Å². The third kappa shape index (κ3) is 3.33. The highest BCUT2D eigenvalue weighted by Crippen LogP contribution is 2.54. The van der Waals surface area contributed by atoms with Crippen molar-refractivity contribution in [1.82, 2.24) is 9.80 Å². The molecule has 0 radical (unpaired) electrons. The van der Waals surface area contributed by atoms with Crippen LogP contribution in [0.2, 0.25) is 0 Å². The van der Waals surface area contributed by atoms with Crippen LogP contribution in [0.15, 0.2) is 30.3 Å². The molecule has 1 aromatic carbocycles. The van der Waals surface area contributed by atoms with Crippen LogP contribution < -0.4 is 0 Å². The number of likely N-dealkylation sites (tertiary alicyclic amines) is 2. The average molecular weight is 372 g/mol. The maximum Gasteiger partial charge on any atom is 0.390 e. The molecule has 2 fully saturated rings. The van der Waals surface area contributed by atoms with Gasteiger partial charge in [0.05, 0.1) is 18.6 Å². The number of amides is 1. The third-order valence-corrected chi connectivity index (χ3v) is 5.47. The number of halogens is 3. The molecular formula is C18H23F3N2O3. The van der Waals surface area contributed by atoms with E-state index in [-0.39, 0.29) is 37.6 Å². The van der Waals surface area contributed by atoms with E-state index in [1.54, 1.807) is 9.80 Å². The van der Waals surface area contributed by atoms with E-state index in [2.05, 4.69) is 0 Å². The summed E-state index contributed by atoms with van der Waals surface area (Å²) in [6, 6.07) is 9.11. The van der Waals surface area contributed by atoms with Crippen molar-refractivity contribution in [2.24, 2.45) is 0 Å². The fourth-order valence-corrected chi connectivity index (χ4v) is 4.38. The van der Waals surface area contributed by atoms with Crippen LogP contribution in [0.1, 0.15) is 17.9 Å². The highest BCUT2D eigenvalue weighted by atomic mass is 19.4. The summed E-state index contributed by atoms with van der Waals surface area (Å²) in [5.74, 6) is -0.276. The van der Waals surface area contributed by atoms with E-state index in [0.29, 0.717) is 13.1 Å². The van der Waals surface area contributed by atoms with Crippen LogP contribution in [0.25, 0.3) is 0 Å². The second kappa shape index (κ2) is 7.17. The van der Waals surface area contributed by atoms with Gasteiger partial charge in [-0.2, -0.15) is 13.2 Å². The molecule has 2 aliphatic heterocycles. The molecule has 3 rings (SSSR count). The van der Waals surface area contributed by atoms with E-state index >= 15 is 0 Å². The number of hydrogen-bond acceptors (Lipinski definition) is 4. The number of nitrogens with zero attached hydrogens (tertiary/aromatic N) is 2. The number of carbonyl (C=O) groups is 1. The number of hydrogen-bond donors (Lipinski definition) is 1. The first kappa shape index (κ1) is 19.1. The number of ether oxygens (including phenoxy) is 1. The molecule has 1 amide bonds. The molecule has 1 aromatic rings. The number of benzene rings is 1. The van der Waals surface area contributed by atoms with Crippen molar-refractivity contribution in [3.63, 3.8) is 0 Å². The Morgan fingerprint density at radius 3 is 2.50 bits per heavy atom. The molecule has 5 nitrogen and oxygen atoms in total.